The molecule has 1 amide bonds. The molecule has 2 aromatic carbocycles. The van der Waals surface area contributed by atoms with E-state index < -0.39 is 15.9 Å². The number of ether oxygens (including phenoxy) is 2. The van der Waals surface area contributed by atoms with Crippen LogP contribution in [0.25, 0.3) is 0 Å². The van der Waals surface area contributed by atoms with Gasteiger partial charge in [0.25, 0.3) is 5.91 Å². The predicted molar refractivity (Wildman–Crippen MR) is 114 cm³/mol. The van der Waals surface area contributed by atoms with Crippen LogP contribution in [0, 0.1) is 5.92 Å². The van der Waals surface area contributed by atoms with Gasteiger partial charge in [0.1, 0.15) is 18.1 Å². The van der Waals surface area contributed by atoms with E-state index in [4.69, 9.17) is 21.1 Å². The first kappa shape index (κ1) is 21.0. The SMILES string of the molecule is CC1CCCN(S(=O)(=O)c2cc(C(=O)Nc3ccc4c(c3)OCCO4)ccc2Cl)C1. The molecule has 1 saturated heterocycles. The Bertz CT molecular complexity index is 1070. The molecule has 160 valence electrons. The van der Waals surface area contributed by atoms with Gasteiger partial charge in [-0.1, -0.05) is 18.5 Å². The highest BCUT2D eigenvalue weighted by atomic mass is 35.5. The number of sulfonamides is 1. The van der Waals surface area contributed by atoms with Gasteiger partial charge in [-0.15, -0.1) is 0 Å². The van der Waals surface area contributed by atoms with Crippen LogP contribution in [-0.2, 0) is 10.0 Å². The normalized spacial score (nSPS) is 19.3. The van der Waals surface area contributed by atoms with Crippen LogP contribution in [0.5, 0.6) is 11.5 Å². The molecule has 0 aromatic heterocycles. The molecule has 0 bridgehead atoms. The van der Waals surface area contributed by atoms with Gasteiger partial charge >= 0.3 is 0 Å². The minimum Gasteiger partial charge on any atom is -0.486 e. The van der Waals surface area contributed by atoms with Crippen molar-refractivity contribution in [2.45, 2.75) is 24.7 Å². The molecule has 1 N–H and O–H groups in total. The Labute approximate surface area is 181 Å². The molecule has 0 spiro atoms. The maximum Gasteiger partial charge on any atom is 0.255 e. The minimum atomic E-state index is -3.78. The Hall–Kier alpha value is -2.29. The van der Waals surface area contributed by atoms with E-state index in [1.54, 1.807) is 18.2 Å². The highest BCUT2D eigenvalue weighted by Gasteiger charge is 2.31. The summed E-state index contributed by atoms with van der Waals surface area (Å²) in [6.07, 6.45) is 1.81. The first-order chi connectivity index (χ1) is 14.3. The molecule has 1 atom stereocenters. The summed E-state index contributed by atoms with van der Waals surface area (Å²) >= 11 is 6.21. The monoisotopic (exact) mass is 450 g/mol. The average molecular weight is 451 g/mol. The van der Waals surface area contributed by atoms with Crippen molar-refractivity contribution in [3.05, 3.63) is 47.0 Å². The summed E-state index contributed by atoms with van der Waals surface area (Å²) in [5.41, 5.74) is 0.728. The van der Waals surface area contributed by atoms with E-state index in [1.165, 1.54) is 22.5 Å². The summed E-state index contributed by atoms with van der Waals surface area (Å²) in [6, 6.07) is 9.39. The number of fused-ring (bicyclic) bond motifs is 1. The van der Waals surface area contributed by atoms with Gasteiger partial charge in [-0.2, -0.15) is 4.31 Å². The lowest BCUT2D eigenvalue weighted by Crippen LogP contribution is -2.39. The number of halogens is 1. The molecule has 9 heteroatoms. The second kappa shape index (κ2) is 8.45. The molecular formula is C21H23ClN2O5S. The number of carbonyl (C=O) groups is 1. The van der Waals surface area contributed by atoms with Crippen molar-refractivity contribution in [2.75, 3.05) is 31.6 Å². The van der Waals surface area contributed by atoms with E-state index in [0.717, 1.165) is 12.8 Å². The lowest BCUT2D eigenvalue weighted by molar-refractivity contribution is 0.102. The Kier molecular flexibility index (Phi) is 5.90. The van der Waals surface area contributed by atoms with E-state index in [9.17, 15) is 13.2 Å². The number of carbonyl (C=O) groups excluding carboxylic acids is 1. The van der Waals surface area contributed by atoms with Gasteiger partial charge in [0, 0.05) is 30.4 Å². The quantitative estimate of drug-likeness (QED) is 0.766. The summed E-state index contributed by atoms with van der Waals surface area (Å²) in [7, 11) is -3.78. The highest BCUT2D eigenvalue weighted by Crippen LogP contribution is 2.33. The van der Waals surface area contributed by atoms with Crippen molar-refractivity contribution >= 4 is 33.2 Å². The third kappa shape index (κ3) is 4.26. The second-order valence-corrected chi connectivity index (χ2v) is 9.88. The molecule has 30 heavy (non-hydrogen) atoms. The van der Waals surface area contributed by atoms with Crippen molar-refractivity contribution < 1.29 is 22.7 Å². The second-order valence-electron chi connectivity index (χ2n) is 7.57. The van der Waals surface area contributed by atoms with E-state index >= 15 is 0 Å². The number of rotatable bonds is 4. The Morgan fingerprint density at radius 3 is 2.67 bits per heavy atom. The van der Waals surface area contributed by atoms with E-state index in [-0.39, 0.29) is 21.4 Å². The molecule has 0 saturated carbocycles. The maximum absolute atomic E-state index is 13.1. The zero-order chi connectivity index (χ0) is 21.3. The Morgan fingerprint density at radius 1 is 1.13 bits per heavy atom. The number of nitrogens with one attached hydrogen (secondary N) is 1. The van der Waals surface area contributed by atoms with Crippen LogP contribution in [0.2, 0.25) is 5.02 Å². The number of amides is 1. The van der Waals surface area contributed by atoms with Crippen LogP contribution in [-0.4, -0.2) is 44.9 Å². The van der Waals surface area contributed by atoms with Crippen molar-refractivity contribution in [1.29, 1.82) is 0 Å². The highest BCUT2D eigenvalue weighted by molar-refractivity contribution is 7.89. The summed E-state index contributed by atoms with van der Waals surface area (Å²) in [5.74, 6) is 1.02. The topological polar surface area (TPSA) is 84.9 Å². The third-order valence-corrected chi connectivity index (χ3v) is 7.58. The minimum absolute atomic E-state index is 0.0481. The summed E-state index contributed by atoms with van der Waals surface area (Å²) < 4.78 is 38.7. The van der Waals surface area contributed by atoms with Crippen LogP contribution < -0.4 is 14.8 Å². The zero-order valence-corrected chi connectivity index (χ0v) is 18.1. The number of anilines is 1. The fraction of sp³-hybridized carbons (Fsp3) is 0.381. The average Bonchev–Trinajstić information content (AvgIpc) is 2.74. The van der Waals surface area contributed by atoms with Crippen LogP contribution in [0.3, 0.4) is 0 Å². The summed E-state index contributed by atoms with van der Waals surface area (Å²) in [5, 5.41) is 2.87. The van der Waals surface area contributed by atoms with Gasteiger partial charge in [-0.05, 0) is 49.1 Å². The van der Waals surface area contributed by atoms with Gasteiger partial charge in [0.15, 0.2) is 11.5 Å². The number of nitrogens with zero attached hydrogens (tertiary/aromatic N) is 1. The van der Waals surface area contributed by atoms with Crippen LogP contribution in [0.4, 0.5) is 5.69 Å². The van der Waals surface area contributed by atoms with E-state index in [0.29, 0.717) is 43.5 Å². The van der Waals surface area contributed by atoms with Crippen LogP contribution in [0.1, 0.15) is 30.1 Å². The van der Waals surface area contributed by atoms with Gasteiger partial charge in [-0.25, -0.2) is 8.42 Å². The van der Waals surface area contributed by atoms with E-state index in [1.807, 2.05) is 6.92 Å². The molecular weight excluding hydrogens is 428 g/mol. The number of piperidine rings is 1. The smallest absolute Gasteiger partial charge is 0.255 e. The first-order valence-corrected chi connectivity index (χ1v) is 11.7. The molecule has 0 radical (unpaired) electrons. The van der Waals surface area contributed by atoms with Crippen LogP contribution in [0.15, 0.2) is 41.3 Å². The molecule has 2 aliphatic rings. The third-order valence-electron chi connectivity index (χ3n) is 5.23. The fourth-order valence-electron chi connectivity index (χ4n) is 3.67. The largest absolute Gasteiger partial charge is 0.486 e. The predicted octanol–water partition coefficient (Wildman–Crippen LogP) is 3.78. The molecule has 4 rings (SSSR count). The molecule has 1 unspecified atom stereocenters. The summed E-state index contributed by atoms with van der Waals surface area (Å²) in [6.45, 7) is 3.86. The maximum atomic E-state index is 13.1. The van der Waals surface area contributed by atoms with Crippen molar-refractivity contribution in [1.82, 2.24) is 4.31 Å². The lowest BCUT2D eigenvalue weighted by Gasteiger charge is -2.30. The van der Waals surface area contributed by atoms with Crippen LogP contribution >= 0.6 is 11.6 Å². The molecule has 0 aliphatic carbocycles. The number of hydrogen-bond acceptors (Lipinski definition) is 5. The fourth-order valence-corrected chi connectivity index (χ4v) is 5.77. The molecule has 7 nitrogen and oxygen atoms in total. The van der Waals surface area contributed by atoms with Crippen molar-refractivity contribution in [2.24, 2.45) is 5.92 Å². The Balaban J connectivity index is 1.57. The van der Waals surface area contributed by atoms with Gasteiger partial charge in [0.2, 0.25) is 10.0 Å². The molecule has 1 fully saturated rings. The van der Waals surface area contributed by atoms with Crippen molar-refractivity contribution in [3.8, 4) is 11.5 Å². The number of hydrogen-bond donors (Lipinski definition) is 1. The Morgan fingerprint density at radius 2 is 1.90 bits per heavy atom. The molecule has 2 heterocycles. The number of benzene rings is 2. The van der Waals surface area contributed by atoms with E-state index in [2.05, 4.69) is 5.32 Å². The van der Waals surface area contributed by atoms with Gasteiger partial charge in [-0.3, -0.25) is 4.79 Å². The molecule has 2 aromatic rings. The summed E-state index contributed by atoms with van der Waals surface area (Å²) in [4.78, 5) is 12.7. The van der Waals surface area contributed by atoms with Gasteiger partial charge in [0.05, 0.1) is 5.02 Å². The van der Waals surface area contributed by atoms with Crippen molar-refractivity contribution in [3.63, 3.8) is 0 Å². The first-order valence-electron chi connectivity index (χ1n) is 9.85. The standard InChI is InChI=1S/C21H23ClN2O5S/c1-14-3-2-8-24(13-14)30(26,27)20-11-15(4-6-17(20)22)21(25)23-16-5-7-18-19(12-16)29-10-9-28-18/h4-7,11-12,14H,2-3,8-10,13H2,1H3,(H,23,25). The lowest BCUT2D eigenvalue weighted by atomic mass is 10.0. The molecule has 2 aliphatic heterocycles. The zero-order valence-electron chi connectivity index (χ0n) is 16.6. The van der Waals surface area contributed by atoms with Gasteiger partial charge < -0.3 is 14.8 Å².